The maximum atomic E-state index is 12.7. The monoisotopic (exact) mass is 357 g/mol. The number of carbonyl (C=O) groups is 1. The quantitative estimate of drug-likeness (QED) is 0.911. The first-order valence-corrected chi connectivity index (χ1v) is 7.82. The van der Waals surface area contributed by atoms with Gasteiger partial charge in [0.25, 0.3) is 0 Å². The van der Waals surface area contributed by atoms with Crippen LogP contribution < -0.4 is 0 Å². The van der Waals surface area contributed by atoms with Gasteiger partial charge in [0.2, 0.25) is 5.91 Å². The average molecular weight is 357 g/mol. The molecule has 0 saturated carbocycles. The fourth-order valence-electron chi connectivity index (χ4n) is 2.64. The lowest BCUT2D eigenvalue weighted by atomic mass is 10.2. The van der Waals surface area contributed by atoms with Gasteiger partial charge in [-0.2, -0.15) is 13.2 Å². The van der Waals surface area contributed by atoms with Gasteiger partial charge < -0.3 is 19.4 Å². The molecule has 1 saturated heterocycles. The third-order valence-electron chi connectivity index (χ3n) is 3.93. The number of amides is 1. The predicted molar refractivity (Wildman–Crippen MR) is 82.9 cm³/mol. The van der Waals surface area contributed by atoms with E-state index in [1.807, 2.05) is 25.1 Å². The third kappa shape index (κ3) is 4.29. The van der Waals surface area contributed by atoms with Crippen LogP contribution >= 0.6 is 0 Å². The fourth-order valence-corrected chi connectivity index (χ4v) is 2.64. The van der Waals surface area contributed by atoms with Crippen LogP contribution in [0.2, 0.25) is 0 Å². The molecule has 2 aromatic rings. The molecular weight excluding hydrogens is 339 g/mol. The van der Waals surface area contributed by atoms with Gasteiger partial charge in [-0.3, -0.25) is 4.79 Å². The van der Waals surface area contributed by atoms with E-state index < -0.39 is 24.7 Å². The number of halogens is 3. The van der Waals surface area contributed by atoms with Crippen LogP contribution in [0.5, 0.6) is 0 Å². The molecule has 0 aliphatic carbocycles. The number of nitrogens with one attached hydrogen (secondary N) is 1. The molecule has 0 spiro atoms. The summed E-state index contributed by atoms with van der Waals surface area (Å²) in [7, 11) is 0. The number of aromatic nitrogens is 2. The van der Waals surface area contributed by atoms with Gasteiger partial charge in [0.05, 0.1) is 24.2 Å². The van der Waals surface area contributed by atoms with Crippen molar-refractivity contribution in [2.45, 2.75) is 25.8 Å². The summed E-state index contributed by atoms with van der Waals surface area (Å²) in [4.78, 5) is 20.6. The van der Waals surface area contributed by atoms with Gasteiger partial charge in [-0.1, -0.05) is 6.07 Å². The van der Waals surface area contributed by atoms with Crippen molar-refractivity contribution in [3.63, 3.8) is 0 Å². The van der Waals surface area contributed by atoms with Crippen LogP contribution in [0, 0.1) is 6.92 Å². The maximum Gasteiger partial charge on any atom is 0.416 e. The van der Waals surface area contributed by atoms with Crippen molar-refractivity contribution < 1.29 is 27.4 Å². The Hall–Kier alpha value is -2.13. The van der Waals surface area contributed by atoms with Gasteiger partial charge >= 0.3 is 6.18 Å². The molecule has 0 bridgehead atoms. The Balaban J connectivity index is 1.51. The summed E-state index contributed by atoms with van der Waals surface area (Å²) in [5.74, 6) is 0.0630. The molecule has 1 aromatic carbocycles. The summed E-state index contributed by atoms with van der Waals surface area (Å²) in [6, 6.07) is 5.76. The van der Waals surface area contributed by atoms with Gasteiger partial charge in [0.15, 0.2) is 6.10 Å². The van der Waals surface area contributed by atoms with E-state index in [9.17, 15) is 18.0 Å². The predicted octanol–water partition coefficient (Wildman–Crippen LogP) is 2.18. The van der Waals surface area contributed by atoms with Gasteiger partial charge in [-0.05, 0) is 24.6 Å². The summed E-state index contributed by atoms with van der Waals surface area (Å²) < 4.78 is 48.0. The Morgan fingerprint density at radius 2 is 2.28 bits per heavy atom. The molecule has 1 N–H and O–H groups in total. The lowest BCUT2D eigenvalue weighted by Crippen LogP contribution is -2.51. The van der Waals surface area contributed by atoms with Crippen molar-refractivity contribution in [3.05, 3.63) is 29.6 Å². The number of fused-ring (bicyclic) bond motifs is 1. The second-order valence-corrected chi connectivity index (χ2v) is 5.94. The highest BCUT2D eigenvalue weighted by molar-refractivity contribution is 5.77. The number of nitrogens with zero attached hydrogens (tertiary/aromatic N) is 2. The minimum atomic E-state index is -4.48. The number of aryl methyl sites for hydroxylation is 1. The number of benzene rings is 1. The van der Waals surface area contributed by atoms with Gasteiger partial charge in [0.1, 0.15) is 19.0 Å². The van der Waals surface area contributed by atoms with Crippen molar-refractivity contribution >= 4 is 16.9 Å². The smallest absolute Gasteiger partial charge is 0.365 e. The summed E-state index contributed by atoms with van der Waals surface area (Å²) >= 11 is 0. The summed E-state index contributed by atoms with van der Waals surface area (Å²) in [6.07, 6.45) is -6.42. The first-order valence-electron chi connectivity index (χ1n) is 7.82. The number of ether oxygens (including phenoxy) is 2. The number of alkyl halides is 3. The zero-order valence-electron chi connectivity index (χ0n) is 13.6. The van der Waals surface area contributed by atoms with Crippen molar-refractivity contribution in [3.8, 4) is 0 Å². The molecule has 1 atom stereocenters. The second kappa shape index (κ2) is 7.01. The van der Waals surface area contributed by atoms with Crippen molar-refractivity contribution in [1.82, 2.24) is 14.9 Å². The first-order chi connectivity index (χ1) is 11.8. The van der Waals surface area contributed by atoms with E-state index in [-0.39, 0.29) is 26.4 Å². The zero-order valence-corrected chi connectivity index (χ0v) is 13.6. The van der Waals surface area contributed by atoms with Crippen LogP contribution in [0.1, 0.15) is 11.4 Å². The highest BCUT2D eigenvalue weighted by Crippen LogP contribution is 2.25. The minimum Gasteiger partial charge on any atom is -0.365 e. The van der Waals surface area contributed by atoms with Gasteiger partial charge in [-0.25, -0.2) is 4.98 Å². The number of rotatable bonds is 4. The van der Waals surface area contributed by atoms with Crippen LogP contribution in [-0.4, -0.2) is 59.4 Å². The Kier molecular flexibility index (Phi) is 4.96. The van der Waals surface area contributed by atoms with Crippen molar-refractivity contribution in [1.29, 1.82) is 0 Å². The van der Waals surface area contributed by atoms with E-state index in [1.165, 1.54) is 0 Å². The van der Waals surface area contributed by atoms with Crippen molar-refractivity contribution in [2.24, 2.45) is 0 Å². The molecule has 25 heavy (non-hydrogen) atoms. The van der Waals surface area contributed by atoms with Gasteiger partial charge in [0, 0.05) is 6.54 Å². The number of carbonyl (C=O) groups excluding carboxylic acids is 1. The second-order valence-electron chi connectivity index (χ2n) is 5.94. The topological polar surface area (TPSA) is 67.4 Å². The lowest BCUT2D eigenvalue weighted by Gasteiger charge is -2.33. The molecule has 1 aromatic heterocycles. The van der Waals surface area contributed by atoms with Gasteiger partial charge in [-0.15, -0.1) is 0 Å². The first kappa shape index (κ1) is 17.7. The summed E-state index contributed by atoms with van der Waals surface area (Å²) in [6.45, 7) is 1.21. The maximum absolute atomic E-state index is 12.7. The normalized spacial score (nSPS) is 18.7. The summed E-state index contributed by atoms with van der Waals surface area (Å²) in [5, 5.41) is 0. The van der Waals surface area contributed by atoms with Crippen LogP contribution in [0.25, 0.3) is 11.0 Å². The molecule has 1 amide bonds. The molecule has 136 valence electrons. The molecule has 2 heterocycles. The van der Waals surface area contributed by atoms with Crippen LogP contribution in [-0.2, 0) is 20.9 Å². The number of H-pyrrole nitrogens is 1. The van der Waals surface area contributed by atoms with Crippen LogP contribution in [0.4, 0.5) is 13.2 Å². The molecule has 9 heteroatoms. The minimum absolute atomic E-state index is 0.0759. The SMILES string of the molecule is Cc1ccc2nc(COCC(=O)N3CCO[C@@H](C(F)(F)F)C3)[nH]c2c1. The fraction of sp³-hybridized carbons (Fsp3) is 0.500. The molecule has 0 radical (unpaired) electrons. The number of imidazole rings is 1. The Labute approximate surface area is 141 Å². The largest absolute Gasteiger partial charge is 0.416 e. The third-order valence-corrected chi connectivity index (χ3v) is 3.93. The zero-order chi connectivity index (χ0) is 18.0. The average Bonchev–Trinajstić information content (AvgIpc) is 2.96. The highest BCUT2D eigenvalue weighted by atomic mass is 19.4. The molecular formula is C16H18F3N3O3. The van der Waals surface area contributed by atoms with Crippen molar-refractivity contribution in [2.75, 3.05) is 26.3 Å². The standard InChI is InChI=1S/C16H18F3N3O3/c1-10-2-3-11-12(6-10)21-14(20-11)8-24-9-15(23)22-4-5-25-13(7-22)16(17,18)19/h2-3,6,13H,4-5,7-9H2,1H3,(H,20,21)/t13-/m1/s1. The molecule has 1 fully saturated rings. The Morgan fingerprint density at radius 3 is 3.04 bits per heavy atom. The Morgan fingerprint density at radius 1 is 1.48 bits per heavy atom. The number of hydrogen-bond acceptors (Lipinski definition) is 4. The molecule has 6 nitrogen and oxygen atoms in total. The van der Waals surface area contributed by atoms with E-state index in [0.717, 1.165) is 21.5 Å². The van der Waals surface area contributed by atoms with E-state index >= 15 is 0 Å². The van der Waals surface area contributed by atoms with E-state index in [1.54, 1.807) is 0 Å². The molecule has 1 aliphatic rings. The highest BCUT2D eigenvalue weighted by Gasteiger charge is 2.44. The molecule has 0 unspecified atom stereocenters. The summed E-state index contributed by atoms with van der Waals surface area (Å²) in [5.41, 5.74) is 2.74. The number of aromatic amines is 1. The van der Waals surface area contributed by atoms with E-state index in [2.05, 4.69) is 14.7 Å². The van der Waals surface area contributed by atoms with E-state index in [0.29, 0.717) is 5.82 Å². The Bertz CT molecular complexity index is 760. The lowest BCUT2D eigenvalue weighted by molar-refractivity contribution is -0.236. The number of hydrogen-bond donors (Lipinski definition) is 1. The number of morpholine rings is 1. The molecule has 1 aliphatic heterocycles. The van der Waals surface area contributed by atoms with Crippen LogP contribution in [0.3, 0.4) is 0 Å². The van der Waals surface area contributed by atoms with E-state index in [4.69, 9.17) is 4.74 Å². The van der Waals surface area contributed by atoms with Crippen LogP contribution in [0.15, 0.2) is 18.2 Å². The molecule has 3 rings (SSSR count).